The van der Waals surface area contributed by atoms with Crippen LogP contribution in [0.2, 0.25) is 0 Å². The first-order chi connectivity index (χ1) is 8.89. The molecule has 0 aliphatic heterocycles. The molecular weight excluding hydrogens is 236 g/mol. The first-order valence-corrected chi connectivity index (χ1v) is 6.37. The van der Waals surface area contributed by atoms with Gasteiger partial charge in [0, 0.05) is 10.8 Å². The Bertz CT molecular complexity index is 850. The van der Waals surface area contributed by atoms with E-state index in [4.69, 9.17) is 4.42 Å². The van der Waals surface area contributed by atoms with Crippen molar-refractivity contribution in [1.29, 1.82) is 0 Å². The largest absolute Gasteiger partial charge is 0.423 e. The lowest BCUT2D eigenvalue weighted by atomic mass is 9.82. The maximum Gasteiger partial charge on any atom is 0.344 e. The molecule has 96 valence electrons. The summed E-state index contributed by atoms with van der Waals surface area (Å²) in [5.41, 5.74) is 1.39. The molecule has 1 heterocycles. The van der Waals surface area contributed by atoms with Gasteiger partial charge in [-0.25, -0.2) is 4.79 Å². The first kappa shape index (κ1) is 12.0. The second-order valence-electron chi connectivity index (χ2n) is 5.95. The Labute approximate surface area is 111 Å². The smallest absolute Gasteiger partial charge is 0.344 e. The molecule has 0 aliphatic carbocycles. The standard InChI is InChI=1S/C17H16O2/c1-10-11-6-5-7-12-14(17(2,3)4)9-8-13(15(11)12)16(18)19-10/h5-9H,1H2,2-4H3. The fraction of sp³-hybridized carbons (Fsp3) is 0.235. The molecule has 19 heavy (non-hydrogen) atoms. The minimum Gasteiger partial charge on any atom is -0.423 e. The van der Waals surface area contributed by atoms with Crippen molar-refractivity contribution in [2.24, 2.45) is 0 Å². The zero-order chi connectivity index (χ0) is 13.8. The Morgan fingerprint density at radius 3 is 2.37 bits per heavy atom. The van der Waals surface area contributed by atoms with Gasteiger partial charge in [0.05, 0.1) is 5.39 Å². The van der Waals surface area contributed by atoms with Crippen LogP contribution in [0.4, 0.5) is 0 Å². The lowest BCUT2D eigenvalue weighted by molar-refractivity contribution is 0.494. The average Bonchev–Trinajstić information content (AvgIpc) is 2.33. The molecule has 2 aromatic carbocycles. The molecule has 2 nitrogen and oxygen atoms in total. The van der Waals surface area contributed by atoms with E-state index in [1.165, 1.54) is 5.56 Å². The highest BCUT2D eigenvalue weighted by Gasteiger charge is 2.19. The fourth-order valence-electron chi connectivity index (χ4n) is 2.69. The lowest BCUT2D eigenvalue weighted by Gasteiger charge is -2.22. The van der Waals surface area contributed by atoms with Gasteiger partial charge in [-0.3, -0.25) is 0 Å². The quantitative estimate of drug-likeness (QED) is 0.614. The van der Waals surface area contributed by atoms with E-state index in [2.05, 4.69) is 33.4 Å². The Kier molecular flexibility index (Phi) is 2.33. The highest BCUT2D eigenvalue weighted by Crippen LogP contribution is 2.33. The molecular formula is C17H16O2. The molecule has 0 saturated carbocycles. The minimum atomic E-state index is -0.311. The Morgan fingerprint density at radius 2 is 1.68 bits per heavy atom. The summed E-state index contributed by atoms with van der Waals surface area (Å²) in [5.74, 6) is 0. The van der Waals surface area contributed by atoms with E-state index in [-0.39, 0.29) is 11.0 Å². The highest BCUT2D eigenvalue weighted by atomic mass is 16.4. The van der Waals surface area contributed by atoms with E-state index in [1.807, 2.05) is 24.3 Å². The molecule has 0 radical (unpaired) electrons. The van der Waals surface area contributed by atoms with Crippen LogP contribution in [0.15, 0.2) is 39.5 Å². The molecule has 0 N–H and O–H groups in total. The van der Waals surface area contributed by atoms with E-state index < -0.39 is 0 Å². The van der Waals surface area contributed by atoms with Crippen molar-refractivity contribution in [2.75, 3.05) is 0 Å². The summed E-state index contributed by atoms with van der Waals surface area (Å²) in [7, 11) is 0. The highest BCUT2D eigenvalue weighted by molar-refractivity contribution is 6.10. The molecule has 3 aromatic rings. The van der Waals surface area contributed by atoms with E-state index >= 15 is 0 Å². The SMILES string of the molecule is C=c1oc(=O)c2ccc(C(C)(C)C)c3cccc1c32. The maximum atomic E-state index is 12.0. The van der Waals surface area contributed by atoms with Crippen LogP contribution in [0.5, 0.6) is 0 Å². The van der Waals surface area contributed by atoms with E-state index in [0.717, 1.165) is 16.2 Å². The first-order valence-electron chi connectivity index (χ1n) is 6.37. The van der Waals surface area contributed by atoms with Crippen molar-refractivity contribution in [1.82, 2.24) is 0 Å². The molecule has 0 bridgehead atoms. The topological polar surface area (TPSA) is 30.2 Å². The summed E-state index contributed by atoms with van der Waals surface area (Å²) in [5, 5.41) is 3.63. The van der Waals surface area contributed by atoms with Crippen LogP contribution in [0.3, 0.4) is 0 Å². The third kappa shape index (κ3) is 1.67. The molecule has 0 spiro atoms. The van der Waals surface area contributed by atoms with Crippen molar-refractivity contribution < 1.29 is 4.42 Å². The van der Waals surface area contributed by atoms with Gasteiger partial charge in [0.15, 0.2) is 0 Å². The summed E-state index contributed by atoms with van der Waals surface area (Å²) in [6.07, 6.45) is 0. The molecule has 0 fully saturated rings. The van der Waals surface area contributed by atoms with Crippen molar-refractivity contribution in [3.05, 3.63) is 51.7 Å². The number of hydrogen-bond donors (Lipinski definition) is 0. The van der Waals surface area contributed by atoms with E-state index in [1.54, 1.807) is 0 Å². The van der Waals surface area contributed by atoms with Gasteiger partial charge in [-0.2, -0.15) is 0 Å². The number of rotatable bonds is 0. The number of hydrogen-bond acceptors (Lipinski definition) is 2. The summed E-state index contributed by atoms with van der Waals surface area (Å²) in [4.78, 5) is 12.0. The average molecular weight is 252 g/mol. The summed E-state index contributed by atoms with van der Waals surface area (Å²) >= 11 is 0. The van der Waals surface area contributed by atoms with Crippen LogP contribution in [0.1, 0.15) is 26.3 Å². The van der Waals surface area contributed by atoms with Gasteiger partial charge >= 0.3 is 5.63 Å². The van der Waals surface area contributed by atoms with Gasteiger partial charge in [0.2, 0.25) is 0 Å². The molecule has 0 aliphatic rings. The molecule has 3 rings (SSSR count). The predicted molar refractivity (Wildman–Crippen MR) is 79.4 cm³/mol. The second kappa shape index (κ2) is 3.70. The monoisotopic (exact) mass is 252 g/mol. The third-order valence-corrected chi connectivity index (χ3v) is 3.58. The fourth-order valence-corrected chi connectivity index (χ4v) is 2.69. The van der Waals surface area contributed by atoms with Gasteiger partial charge < -0.3 is 4.42 Å². The van der Waals surface area contributed by atoms with E-state index in [9.17, 15) is 4.79 Å². The third-order valence-electron chi connectivity index (χ3n) is 3.58. The second-order valence-corrected chi connectivity index (χ2v) is 5.95. The van der Waals surface area contributed by atoms with Crippen LogP contribution in [0.25, 0.3) is 28.1 Å². The zero-order valence-corrected chi connectivity index (χ0v) is 11.4. The van der Waals surface area contributed by atoms with Crippen LogP contribution < -0.4 is 11.0 Å². The Morgan fingerprint density at radius 1 is 1.00 bits per heavy atom. The lowest BCUT2D eigenvalue weighted by Crippen LogP contribution is -2.15. The molecule has 0 atom stereocenters. The predicted octanol–water partition coefficient (Wildman–Crippen LogP) is 3.37. The molecule has 0 unspecified atom stereocenters. The van der Waals surface area contributed by atoms with Gasteiger partial charge in [-0.15, -0.1) is 0 Å². The Balaban J connectivity index is 2.67. The minimum absolute atomic E-state index is 0.0276. The van der Waals surface area contributed by atoms with E-state index in [0.29, 0.717) is 10.8 Å². The summed E-state index contributed by atoms with van der Waals surface area (Å²) in [6.45, 7) is 10.4. The van der Waals surface area contributed by atoms with Gasteiger partial charge in [-0.1, -0.05) is 51.6 Å². The van der Waals surface area contributed by atoms with Gasteiger partial charge in [0.25, 0.3) is 0 Å². The molecule has 0 saturated heterocycles. The molecule has 1 aromatic heterocycles. The molecule has 2 heteroatoms. The van der Waals surface area contributed by atoms with Crippen LogP contribution in [0, 0.1) is 0 Å². The van der Waals surface area contributed by atoms with Crippen molar-refractivity contribution in [3.8, 4) is 0 Å². The molecule has 0 amide bonds. The number of benzene rings is 2. The van der Waals surface area contributed by atoms with Crippen LogP contribution in [-0.4, -0.2) is 0 Å². The zero-order valence-electron chi connectivity index (χ0n) is 11.4. The normalized spacial score (nSPS) is 12.4. The van der Waals surface area contributed by atoms with Crippen molar-refractivity contribution in [2.45, 2.75) is 26.2 Å². The van der Waals surface area contributed by atoms with Crippen molar-refractivity contribution >= 4 is 28.1 Å². The van der Waals surface area contributed by atoms with Gasteiger partial charge in [-0.05, 0) is 22.4 Å². The van der Waals surface area contributed by atoms with Gasteiger partial charge in [0.1, 0.15) is 5.42 Å². The van der Waals surface area contributed by atoms with Crippen LogP contribution >= 0.6 is 0 Å². The summed E-state index contributed by atoms with van der Waals surface area (Å²) in [6, 6.07) is 9.89. The van der Waals surface area contributed by atoms with Crippen molar-refractivity contribution in [3.63, 3.8) is 0 Å². The Hall–Kier alpha value is -2.09. The van der Waals surface area contributed by atoms with Crippen LogP contribution in [-0.2, 0) is 5.41 Å². The summed E-state index contributed by atoms with van der Waals surface area (Å²) < 4.78 is 5.19. The maximum absolute atomic E-state index is 12.0.